The Morgan fingerprint density at radius 2 is 1.83 bits per heavy atom. The molecule has 2 N–H and O–H groups in total. The van der Waals surface area contributed by atoms with Crippen LogP contribution in [0.2, 0.25) is 0 Å². The lowest BCUT2D eigenvalue weighted by atomic mass is 9.97. The molecule has 2 saturated heterocycles. The van der Waals surface area contributed by atoms with Gasteiger partial charge in [-0.1, -0.05) is 19.9 Å². The van der Waals surface area contributed by atoms with Gasteiger partial charge in [-0.05, 0) is 52.3 Å². The molecule has 1 aromatic carbocycles. The Morgan fingerprint density at radius 1 is 1.15 bits per heavy atom. The number of carbonyl (C=O) groups excluding carboxylic acids is 3. The molecular weight excluding hydrogens is 600 g/mol. The lowest BCUT2D eigenvalue weighted by Gasteiger charge is -2.36. The highest BCUT2D eigenvalue weighted by molar-refractivity contribution is 6.06. The number of unbranched alkanes of at least 4 members (excludes halogenated alkanes) is 1. The molecule has 4 amide bonds. The SMILES string of the molecule is C=CC(=O)N(CCCC)C1CN(C(=O)C2CCNCC2)CC1Nc1ncc2c(n1)N(C)C(=O)N(c1c(C)c(OC)cc(OC)c1C)C2. The van der Waals surface area contributed by atoms with Crippen molar-refractivity contribution in [1.82, 2.24) is 25.1 Å². The predicted octanol–water partition coefficient (Wildman–Crippen LogP) is 3.49. The molecule has 13 heteroatoms. The number of hydrogen-bond acceptors (Lipinski definition) is 9. The lowest BCUT2D eigenvalue weighted by molar-refractivity contribution is -0.136. The number of likely N-dealkylation sites (tertiary alicyclic amines) is 1. The molecule has 13 nitrogen and oxygen atoms in total. The van der Waals surface area contributed by atoms with Crippen LogP contribution < -0.4 is 29.9 Å². The molecule has 0 radical (unpaired) electrons. The number of ether oxygens (including phenoxy) is 2. The summed E-state index contributed by atoms with van der Waals surface area (Å²) in [5.74, 6) is 2.01. The minimum atomic E-state index is -0.310. The summed E-state index contributed by atoms with van der Waals surface area (Å²) in [5, 5.41) is 6.78. The molecule has 5 rings (SSSR count). The molecule has 1 aromatic heterocycles. The Labute approximate surface area is 277 Å². The van der Waals surface area contributed by atoms with Crippen LogP contribution in [0, 0.1) is 19.8 Å². The number of piperidine rings is 1. The van der Waals surface area contributed by atoms with Crippen LogP contribution in [0.4, 0.5) is 22.2 Å². The molecule has 254 valence electrons. The fourth-order valence-electron chi connectivity index (χ4n) is 7.04. The Morgan fingerprint density at radius 3 is 2.45 bits per heavy atom. The number of nitrogens with zero attached hydrogens (tertiary/aromatic N) is 6. The van der Waals surface area contributed by atoms with Crippen LogP contribution >= 0.6 is 0 Å². The molecule has 3 aliphatic heterocycles. The summed E-state index contributed by atoms with van der Waals surface area (Å²) in [4.78, 5) is 57.0. The summed E-state index contributed by atoms with van der Waals surface area (Å²) in [5.41, 5.74) is 3.15. The monoisotopic (exact) mass is 648 g/mol. The second kappa shape index (κ2) is 14.6. The molecule has 0 spiro atoms. The minimum Gasteiger partial charge on any atom is -0.496 e. The summed E-state index contributed by atoms with van der Waals surface area (Å²) in [7, 11) is 4.88. The zero-order valence-electron chi connectivity index (χ0n) is 28.5. The highest BCUT2D eigenvalue weighted by atomic mass is 16.5. The largest absolute Gasteiger partial charge is 0.496 e. The lowest BCUT2D eigenvalue weighted by Crippen LogP contribution is -2.49. The van der Waals surface area contributed by atoms with E-state index < -0.39 is 0 Å². The number of anilines is 3. The van der Waals surface area contributed by atoms with Gasteiger partial charge in [0.15, 0.2) is 0 Å². The number of urea groups is 1. The number of amides is 4. The average Bonchev–Trinajstić information content (AvgIpc) is 3.50. The van der Waals surface area contributed by atoms with Crippen LogP contribution in [0.15, 0.2) is 24.9 Å². The zero-order valence-corrected chi connectivity index (χ0v) is 28.5. The molecule has 3 aliphatic rings. The standard InChI is InChI=1S/C34H48N8O5/c1-8-10-15-41(29(43)9-2)26-20-40(32(44)23-11-13-35-14-12-23)19-25(26)37-33-36-17-24-18-42(34(45)39(5)31(24)38-33)30-21(3)27(46-6)16-28(47-7)22(30)4/h9,16-17,23,25-26,35H,2,8,10-15,18-20H2,1,3-7H3,(H,36,37,38). The summed E-state index contributed by atoms with van der Waals surface area (Å²) in [6.07, 6.45) is 6.44. The van der Waals surface area contributed by atoms with E-state index in [1.54, 1.807) is 32.4 Å². The van der Waals surface area contributed by atoms with E-state index >= 15 is 0 Å². The molecule has 47 heavy (non-hydrogen) atoms. The molecule has 0 bridgehead atoms. The number of carbonyl (C=O) groups is 3. The van der Waals surface area contributed by atoms with Gasteiger partial charge < -0.3 is 29.9 Å². The third-order valence-corrected chi connectivity index (χ3v) is 9.64. The normalized spacial score (nSPS) is 19.8. The van der Waals surface area contributed by atoms with Crippen molar-refractivity contribution < 1.29 is 23.9 Å². The third kappa shape index (κ3) is 6.71. The first-order valence-corrected chi connectivity index (χ1v) is 16.5. The number of aromatic nitrogens is 2. The van der Waals surface area contributed by atoms with Gasteiger partial charge in [0.1, 0.15) is 17.3 Å². The van der Waals surface area contributed by atoms with Crippen LogP contribution in [0.3, 0.4) is 0 Å². The Balaban J connectivity index is 1.43. The highest BCUT2D eigenvalue weighted by Crippen LogP contribution is 2.41. The molecule has 2 unspecified atom stereocenters. The molecule has 4 heterocycles. The van der Waals surface area contributed by atoms with Crippen molar-refractivity contribution in [3.63, 3.8) is 0 Å². The van der Waals surface area contributed by atoms with E-state index in [4.69, 9.17) is 14.5 Å². The van der Waals surface area contributed by atoms with Gasteiger partial charge in [-0.25, -0.2) is 9.78 Å². The maximum Gasteiger partial charge on any atom is 0.330 e. The van der Waals surface area contributed by atoms with E-state index in [1.165, 1.54) is 11.0 Å². The van der Waals surface area contributed by atoms with Gasteiger partial charge in [-0.3, -0.25) is 19.4 Å². The molecule has 2 aromatic rings. The van der Waals surface area contributed by atoms with Crippen LogP contribution in [-0.4, -0.2) is 104 Å². The van der Waals surface area contributed by atoms with Crippen molar-refractivity contribution in [2.45, 2.75) is 65.1 Å². The zero-order chi connectivity index (χ0) is 33.8. The Kier molecular flexibility index (Phi) is 10.5. The van der Waals surface area contributed by atoms with Crippen LogP contribution in [0.5, 0.6) is 11.5 Å². The quantitative estimate of drug-likeness (QED) is 0.352. The van der Waals surface area contributed by atoms with Gasteiger partial charge in [0.2, 0.25) is 17.8 Å². The Bertz CT molecular complexity index is 1480. The van der Waals surface area contributed by atoms with Gasteiger partial charge in [0.05, 0.1) is 38.5 Å². The van der Waals surface area contributed by atoms with E-state index in [0.29, 0.717) is 42.9 Å². The maximum absolute atomic E-state index is 13.9. The van der Waals surface area contributed by atoms with Crippen molar-refractivity contribution in [2.75, 3.05) is 69.1 Å². The second-order valence-corrected chi connectivity index (χ2v) is 12.5. The molecule has 0 aliphatic carbocycles. The third-order valence-electron chi connectivity index (χ3n) is 9.64. The Hall–Kier alpha value is -4.39. The summed E-state index contributed by atoms with van der Waals surface area (Å²) >= 11 is 0. The molecule has 2 fully saturated rings. The fraction of sp³-hybridized carbons (Fsp3) is 0.559. The second-order valence-electron chi connectivity index (χ2n) is 12.5. The fourth-order valence-corrected chi connectivity index (χ4v) is 7.04. The smallest absolute Gasteiger partial charge is 0.330 e. The highest BCUT2D eigenvalue weighted by Gasteiger charge is 2.42. The van der Waals surface area contributed by atoms with E-state index in [0.717, 1.165) is 61.2 Å². The van der Waals surface area contributed by atoms with E-state index in [9.17, 15) is 14.4 Å². The number of nitrogens with one attached hydrogen (secondary N) is 2. The number of hydrogen-bond donors (Lipinski definition) is 2. The van der Waals surface area contributed by atoms with Crippen LogP contribution in [-0.2, 0) is 16.1 Å². The first-order valence-electron chi connectivity index (χ1n) is 16.5. The average molecular weight is 649 g/mol. The van der Waals surface area contributed by atoms with Gasteiger partial charge in [0, 0.05) is 61.6 Å². The molecular formula is C34H48N8O5. The summed E-state index contributed by atoms with van der Waals surface area (Å²) in [6, 6.07) is 0.977. The van der Waals surface area contributed by atoms with E-state index in [1.807, 2.05) is 29.7 Å². The van der Waals surface area contributed by atoms with Gasteiger partial charge in [-0.2, -0.15) is 4.98 Å². The maximum atomic E-state index is 13.9. The predicted molar refractivity (Wildman–Crippen MR) is 181 cm³/mol. The minimum absolute atomic E-state index is 0.0331. The van der Waals surface area contributed by atoms with Crippen molar-refractivity contribution in [1.29, 1.82) is 0 Å². The molecule has 0 saturated carbocycles. The van der Waals surface area contributed by atoms with Crippen molar-refractivity contribution in [3.8, 4) is 11.5 Å². The van der Waals surface area contributed by atoms with Crippen molar-refractivity contribution >= 4 is 35.3 Å². The van der Waals surface area contributed by atoms with E-state index in [2.05, 4.69) is 29.1 Å². The van der Waals surface area contributed by atoms with E-state index in [-0.39, 0.29) is 42.4 Å². The first-order chi connectivity index (χ1) is 22.6. The van der Waals surface area contributed by atoms with Gasteiger partial charge in [-0.15, -0.1) is 0 Å². The van der Waals surface area contributed by atoms with Crippen LogP contribution in [0.1, 0.15) is 49.3 Å². The van der Waals surface area contributed by atoms with Gasteiger partial charge >= 0.3 is 6.03 Å². The summed E-state index contributed by atoms with van der Waals surface area (Å²) in [6.45, 7) is 13.0. The summed E-state index contributed by atoms with van der Waals surface area (Å²) < 4.78 is 11.2. The van der Waals surface area contributed by atoms with Crippen molar-refractivity contribution in [3.05, 3.63) is 41.6 Å². The topological polar surface area (TPSA) is 132 Å². The number of methoxy groups -OCH3 is 2. The number of benzene rings is 1. The first kappa shape index (κ1) is 34.0. The molecule has 2 atom stereocenters. The number of fused-ring (bicyclic) bond motifs is 1. The van der Waals surface area contributed by atoms with Gasteiger partial charge in [0.25, 0.3) is 0 Å². The number of rotatable bonds is 11. The van der Waals surface area contributed by atoms with Crippen molar-refractivity contribution in [2.24, 2.45) is 5.92 Å². The van der Waals surface area contributed by atoms with Crippen LogP contribution in [0.25, 0.3) is 0 Å².